The van der Waals surface area contributed by atoms with Crippen molar-refractivity contribution in [2.45, 2.75) is 20.8 Å². The molecule has 2 aromatic carbocycles. The summed E-state index contributed by atoms with van der Waals surface area (Å²) in [5.74, 6) is 0.815. The van der Waals surface area contributed by atoms with Crippen LogP contribution in [0.5, 0.6) is 0 Å². The number of benzene rings is 2. The second kappa shape index (κ2) is 6.93. The molecule has 0 aliphatic carbocycles. The van der Waals surface area contributed by atoms with Crippen molar-refractivity contribution in [3.63, 3.8) is 0 Å². The van der Waals surface area contributed by atoms with Crippen LogP contribution in [0.25, 0.3) is 16.8 Å². The molecule has 0 unspecified atom stereocenters. The van der Waals surface area contributed by atoms with Crippen LogP contribution in [-0.4, -0.2) is 14.7 Å². The highest BCUT2D eigenvalue weighted by Gasteiger charge is 2.13. The van der Waals surface area contributed by atoms with Gasteiger partial charge in [0.05, 0.1) is 22.7 Å². The second-order valence-corrected chi connectivity index (χ2v) is 6.90. The Hall–Kier alpha value is -3.05. The van der Waals surface area contributed by atoms with Gasteiger partial charge in [-0.05, 0) is 56.2 Å². The number of imidazole rings is 1. The lowest BCUT2D eigenvalue weighted by molar-refractivity contribution is 0.393. The van der Waals surface area contributed by atoms with Gasteiger partial charge < -0.3 is 14.4 Å². The Kier molecular flexibility index (Phi) is 4.46. The topological polar surface area (TPSA) is 55.9 Å². The van der Waals surface area contributed by atoms with Crippen LogP contribution in [0.2, 0.25) is 5.02 Å². The largest absolute Gasteiger partial charge is 0.361 e. The number of anilines is 2. The molecule has 136 valence electrons. The number of nitrogens with zero attached hydrogens (tertiary/aromatic N) is 3. The molecule has 6 heteroatoms. The van der Waals surface area contributed by atoms with Crippen LogP contribution in [0.15, 0.2) is 59.6 Å². The SMILES string of the molecule is Cc1ccc(-c2c(C)noc2C)cc1Nc1ccc(-n2ccnc2)c(Cl)c1. The van der Waals surface area contributed by atoms with E-state index in [1.54, 1.807) is 12.5 Å². The van der Waals surface area contributed by atoms with Crippen molar-refractivity contribution in [1.82, 2.24) is 14.7 Å². The molecule has 4 aromatic rings. The quantitative estimate of drug-likeness (QED) is 0.484. The standard InChI is InChI=1S/C21H19ClN4O/c1-13-4-5-16(21-14(2)25-27-15(21)3)10-19(13)24-17-6-7-20(18(22)11-17)26-9-8-23-12-26/h4-12,24H,1-3H3. The average molecular weight is 379 g/mol. The number of hydrogen-bond donors (Lipinski definition) is 1. The van der Waals surface area contributed by atoms with Crippen molar-refractivity contribution < 1.29 is 4.52 Å². The molecule has 0 aliphatic heterocycles. The van der Waals surface area contributed by atoms with E-state index in [9.17, 15) is 0 Å². The fourth-order valence-electron chi connectivity index (χ4n) is 3.16. The Balaban J connectivity index is 1.67. The summed E-state index contributed by atoms with van der Waals surface area (Å²) in [4.78, 5) is 4.07. The van der Waals surface area contributed by atoms with Crippen molar-refractivity contribution in [3.05, 3.63) is 77.2 Å². The molecule has 2 aromatic heterocycles. The first-order chi connectivity index (χ1) is 13.0. The van der Waals surface area contributed by atoms with Gasteiger partial charge in [0.2, 0.25) is 0 Å². The van der Waals surface area contributed by atoms with Crippen LogP contribution >= 0.6 is 11.6 Å². The number of aromatic nitrogens is 3. The van der Waals surface area contributed by atoms with E-state index in [1.165, 1.54) is 0 Å². The van der Waals surface area contributed by atoms with E-state index < -0.39 is 0 Å². The Bertz CT molecular complexity index is 1080. The monoisotopic (exact) mass is 378 g/mol. The maximum absolute atomic E-state index is 6.47. The molecule has 2 heterocycles. The molecule has 0 fully saturated rings. The summed E-state index contributed by atoms with van der Waals surface area (Å²) in [7, 11) is 0. The van der Waals surface area contributed by atoms with E-state index in [1.807, 2.05) is 42.8 Å². The fraction of sp³-hybridized carbons (Fsp3) is 0.143. The van der Waals surface area contributed by atoms with Crippen LogP contribution in [0, 0.1) is 20.8 Å². The van der Waals surface area contributed by atoms with Crippen molar-refractivity contribution in [2.75, 3.05) is 5.32 Å². The zero-order valence-corrected chi connectivity index (χ0v) is 16.1. The highest BCUT2D eigenvalue weighted by molar-refractivity contribution is 6.32. The third-order valence-corrected chi connectivity index (χ3v) is 4.87. The maximum Gasteiger partial charge on any atom is 0.141 e. The van der Waals surface area contributed by atoms with Crippen LogP contribution in [-0.2, 0) is 0 Å². The van der Waals surface area contributed by atoms with Gasteiger partial charge in [-0.2, -0.15) is 0 Å². The third-order valence-electron chi connectivity index (χ3n) is 4.57. The van der Waals surface area contributed by atoms with Gasteiger partial charge in [0, 0.05) is 29.3 Å². The number of hydrogen-bond acceptors (Lipinski definition) is 4. The minimum absolute atomic E-state index is 0.650. The second-order valence-electron chi connectivity index (χ2n) is 6.49. The van der Waals surface area contributed by atoms with Gasteiger partial charge in [0.1, 0.15) is 5.76 Å². The zero-order chi connectivity index (χ0) is 19.0. The first kappa shape index (κ1) is 17.4. The molecule has 0 aliphatic rings. The average Bonchev–Trinajstić information content (AvgIpc) is 3.28. The molecule has 0 saturated heterocycles. The Morgan fingerprint density at radius 3 is 2.59 bits per heavy atom. The zero-order valence-electron chi connectivity index (χ0n) is 15.3. The van der Waals surface area contributed by atoms with Gasteiger partial charge in [-0.3, -0.25) is 0 Å². The highest BCUT2D eigenvalue weighted by atomic mass is 35.5. The molecule has 27 heavy (non-hydrogen) atoms. The first-order valence-corrected chi connectivity index (χ1v) is 8.99. The molecule has 0 spiro atoms. The number of halogens is 1. The summed E-state index contributed by atoms with van der Waals surface area (Å²) >= 11 is 6.47. The first-order valence-electron chi connectivity index (χ1n) is 8.62. The van der Waals surface area contributed by atoms with Gasteiger partial charge in [-0.25, -0.2) is 4.98 Å². The maximum atomic E-state index is 6.47. The molecule has 4 rings (SSSR count). The normalized spacial score (nSPS) is 11.0. The molecular weight excluding hydrogens is 360 g/mol. The molecule has 0 radical (unpaired) electrons. The van der Waals surface area contributed by atoms with Crippen LogP contribution < -0.4 is 5.32 Å². The Morgan fingerprint density at radius 2 is 1.93 bits per heavy atom. The molecule has 0 atom stereocenters. The van der Waals surface area contributed by atoms with Gasteiger partial charge in [-0.1, -0.05) is 28.9 Å². The highest BCUT2D eigenvalue weighted by Crippen LogP contribution is 2.32. The molecule has 0 bridgehead atoms. The van der Waals surface area contributed by atoms with Gasteiger partial charge in [-0.15, -0.1) is 0 Å². The lowest BCUT2D eigenvalue weighted by Gasteiger charge is -2.13. The van der Waals surface area contributed by atoms with Crippen LogP contribution in [0.1, 0.15) is 17.0 Å². The summed E-state index contributed by atoms with van der Waals surface area (Å²) in [5.41, 5.74) is 6.95. The van der Waals surface area contributed by atoms with Gasteiger partial charge in [0.15, 0.2) is 0 Å². The number of rotatable bonds is 4. The minimum atomic E-state index is 0.650. The lowest BCUT2D eigenvalue weighted by atomic mass is 10.0. The molecular formula is C21H19ClN4O. The van der Waals surface area contributed by atoms with Crippen molar-refractivity contribution in [3.8, 4) is 16.8 Å². The predicted octanol–water partition coefficient (Wildman–Crippen LogP) is 5.85. The number of aryl methyl sites for hydroxylation is 3. The summed E-state index contributed by atoms with van der Waals surface area (Å²) in [5, 5.41) is 8.17. The molecule has 1 N–H and O–H groups in total. The predicted molar refractivity (Wildman–Crippen MR) is 108 cm³/mol. The van der Waals surface area contributed by atoms with E-state index in [2.05, 4.69) is 40.6 Å². The van der Waals surface area contributed by atoms with Crippen LogP contribution in [0.3, 0.4) is 0 Å². The van der Waals surface area contributed by atoms with E-state index in [4.69, 9.17) is 16.1 Å². The summed E-state index contributed by atoms with van der Waals surface area (Å²) < 4.78 is 7.19. The van der Waals surface area contributed by atoms with E-state index in [0.29, 0.717) is 5.02 Å². The smallest absolute Gasteiger partial charge is 0.141 e. The van der Waals surface area contributed by atoms with E-state index in [0.717, 1.165) is 45.2 Å². The minimum Gasteiger partial charge on any atom is -0.361 e. The van der Waals surface area contributed by atoms with Crippen LogP contribution in [0.4, 0.5) is 11.4 Å². The third kappa shape index (κ3) is 3.34. The Labute approximate surface area is 162 Å². The summed E-state index contributed by atoms with van der Waals surface area (Å²) in [6, 6.07) is 12.2. The van der Waals surface area contributed by atoms with Crippen molar-refractivity contribution in [1.29, 1.82) is 0 Å². The fourth-order valence-corrected chi connectivity index (χ4v) is 3.44. The van der Waals surface area contributed by atoms with E-state index in [-0.39, 0.29) is 0 Å². The number of nitrogens with one attached hydrogen (secondary N) is 1. The van der Waals surface area contributed by atoms with E-state index >= 15 is 0 Å². The lowest BCUT2D eigenvalue weighted by Crippen LogP contribution is -1.96. The van der Waals surface area contributed by atoms with Crippen molar-refractivity contribution in [2.24, 2.45) is 0 Å². The van der Waals surface area contributed by atoms with Crippen molar-refractivity contribution >= 4 is 23.0 Å². The Morgan fingerprint density at radius 1 is 1.07 bits per heavy atom. The molecule has 0 saturated carbocycles. The van der Waals surface area contributed by atoms with Gasteiger partial charge in [0.25, 0.3) is 0 Å². The summed E-state index contributed by atoms with van der Waals surface area (Å²) in [6.45, 7) is 5.95. The molecule has 0 amide bonds. The summed E-state index contributed by atoms with van der Waals surface area (Å²) in [6.07, 6.45) is 5.32. The molecule has 5 nitrogen and oxygen atoms in total. The van der Waals surface area contributed by atoms with Gasteiger partial charge >= 0.3 is 0 Å².